The maximum Gasteiger partial charge on any atom is 0.166 e. The largest absolute Gasteiger partial charge is 0.308 e. The van der Waals surface area contributed by atoms with E-state index in [0.717, 1.165) is 33.4 Å². The van der Waals surface area contributed by atoms with Crippen LogP contribution >= 0.6 is 0 Å². The van der Waals surface area contributed by atoms with Crippen LogP contribution in [0, 0.1) is 0 Å². The van der Waals surface area contributed by atoms with Crippen LogP contribution in [0.15, 0.2) is 194 Å². The molecule has 2 aliphatic rings. The molecule has 8 aromatic carbocycles. The van der Waals surface area contributed by atoms with Gasteiger partial charge < -0.3 is 4.57 Å². The molecule has 260 valence electrons. The molecule has 0 unspecified atom stereocenters. The van der Waals surface area contributed by atoms with E-state index in [-0.39, 0.29) is 0 Å². The molecule has 12 rings (SSSR count). The zero-order chi connectivity index (χ0) is 36.8. The van der Waals surface area contributed by atoms with Crippen LogP contribution in [0.2, 0.25) is 0 Å². The van der Waals surface area contributed by atoms with Crippen molar-refractivity contribution in [2.45, 2.75) is 5.41 Å². The Kier molecular flexibility index (Phi) is 6.52. The molecule has 0 saturated heterocycles. The quantitative estimate of drug-likeness (QED) is 0.182. The average Bonchev–Trinajstić information content (AvgIpc) is 3.87. The number of aromatic nitrogens is 4. The van der Waals surface area contributed by atoms with E-state index in [1.807, 2.05) is 36.4 Å². The normalized spacial score (nSPS) is 13.1. The lowest BCUT2D eigenvalue weighted by molar-refractivity contribution is 0.795. The van der Waals surface area contributed by atoms with E-state index in [0.29, 0.717) is 17.5 Å². The van der Waals surface area contributed by atoms with Crippen molar-refractivity contribution in [3.8, 4) is 62.1 Å². The summed E-state index contributed by atoms with van der Waals surface area (Å²) in [4.78, 5) is 15.3. The fourth-order valence-corrected chi connectivity index (χ4v) is 9.60. The van der Waals surface area contributed by atoms with Gasteiger partial charge in [-0.05, 0) is 74.8 Å². The van der Waals surface area contributed by atoms with Crippen LogP contribution in [0.3, 0.4) is 0 Å². The lowest BCUT2D eigenvalue weighted by atomic mass is 9.70. The van der Waals surface area contributed by atoms with Gasteiger partial charge >= 0.3 is 0 Å². The van der Waals surface area contributed by atoms with E-state index in [4.69, 9.17) is 15.0 Å². The second kappa shape index (κ2) is 11.8. The molecule has 0 N–H and O–H groups in total. The van der Waals surface area contributed by atoms with Gasteiger partial charge in [0, 0.05) is 27.5 Å². The molecule has 4 nitrogen and oxygen atoms in total. The van der Waals surface area contributed by atoms with Crippen molar-refractivity contribution in [3.63, 3.8) is 0 Å². The summed E-state index contributed by atoms with van der Waals surface area (Å²) in [5.41, 5.74) is 16.2. The van der Waals surface area contributed by atoms with Gasteiger partial charge in [-0.1, -0.05) is 164 Å². The Morgan fingerprint density at radius 3 is 1.39 bits per heavy atom. The Morgan fingerprint density at radius 2 is 0.786 bits per heavy atom. The van der Waals surface area contributed by atoms with Gasteiger partial charge in [-0.2, -0.15) is 0 Å². The molecular weight excluding hydrogens is 681 g/mol. The van der Waals surface area contributed by atoms with Crippen LogP contribution in [0.5, 0.6) is 0 Å². The standard InChI is InChI=1S/C52H32N4/c1-3-17-33(18-4-1)49-53-50(34-19-5-2-6-20-34)55-51(54-49)39-25-11-16-30-47(39)56-46-29-15-10-24-38(46)41-31-45-40(32-48(41)56)37-23-9-14-28-44(37)52(45)42-26-12-7-21-35(42)36-22-8-13-27-43(36)52/h1-32H. The zero-order valence-corrected chi connectivity index (χ0v) is 30.3. The molecule has 0 atom stereocenters. The topological polar surface area (TPSA) is 43.6 Å². The van der Waals surface area contributed by atoms with Gasteiger partial charge in [-0.25, -0.2) is 15.0 Å². The SMILES string of the molecule is c1ccc(-c2nc(-c3ccccc3)nc(-c3ccccc3-n3c4ccccc4c4cc5c(cc43)-c3ccccc3C53c4ccccc4-c4ccccc43)n2)cc1. The Balaban J connectivity index is 1.15. The molecule has 2 heterocycles. The Labute approximate surface area is 324 Å². The summed E-state index contributed by atoms with van der Waals surface area (Å²) in [5.74, 6) is 1.91. The second-order valence-electron chi connectivity index (χ2n) is 14.7. The highest BCUT2D eigenvalue weighted by Gasteiger charge is 2.51. The smallest absolute Gasteiger partial charge is 0.166 e. The van der Waals surface area contributed by atoms with Gasteiger partial charge in [0.05, 0.1) is 22.1 Å². The third-order valence-electron chi connectivity index (χ3n) is 11.9. The first-order valence-electron chi connectivity index (χ1n) is 19.1. The van der Waals surface area contributed by atoms with Crippen molar-refractivity contribution in [2.24, 2.45) is 0 Å². The lowest BCUT2D eigenvalue weighted by Gasteiger charge is -2.30. The summed E-state index contributed by atoms with van der Waals surface area (Å²) in [5, 5.41) is 2.42. The number of nitrogens with zero attached hydrogens (tertiary/aromatic N) is 4. The van der Waals surface area contributed by atoms with E-state index in [2.05, 4.69) is 162 Å². The zero-order valence-electron chi connectivity index (χ0n) is 30.3. The number of hydrogen-bond donors (Lipinski definition) is 0. The van der Waals surface area contributed by atoms with E-state index >= 15 is 0 Å². The predicted molar refractivity (Wildman–Crippen MR) is 227 cm³/mol. The second-order valence-corrected chi connectivity index (χ2v) is 14.7. The molecule has 0 saturated carbocycles. The maximum atomic E-state index is 5.17. The van der Waals surface area contributed by atoms with Gasteiger partial charge in [-0.3, -0.25) is 0 Å². The van der Waals surface area contributed by atoms with Crippen molar-refractivity contribution in [3.05, 3.63) is 216 Å². The number of hydrogen-bond acceptors (Lipinski definition) is 3. The maximum absolute atomic E-state index is 5.17. The molecule has 2 aliphatic carbocycles. The first-order chi connectivity index (χ1) is 27.8. The van der Waals surface area contributed by atoms with Crippen molar-refractivity contribution < 1.29 is 0 Å². The summed E-state index contributed by atoms with van der Waals surface area (Å²) < 4.78 is 2.42. The Hall–Kier alpha value is -7.43. The predicted octanol–water partition coefficient (Wildman–Crippen LogP) is 12.3. The molecule has 0 bridgehead atoms. The molecule has 10 aromatic rings. The lowest BCUT2D eigenvalue weighted by Crippen LogP contribution is -2.25. The highest BCUT2D eigenvalue weighted by molar-refractivity contribution is 6.12. The molecular formula is C52H32N4. The minimum absolute atomic E-state index is 0.416. The summed E-state index contributed by atoms with van der Waals surface area (Å²) >= 11 is 0. The molecule has 1 spiro atoms. The first-order valence-corrected chi connectivity index (χ1v) is 19.1. The van der Waals surface area contributed by atoms with E-state index in [9.17, 15) is 0 Å². The average molecular weight is 713 g/mol. The highest BCUT2D eigenvalue weighted by atomic mass is 15.1. The van der Waals surface area contributed by atoms with Crippen LogP contribution in [0.25, 0.3) is 83.9 Å². The fourth-order valence-electron chi connectivity index (χ4n) is 9.60. The van der Waals surface area contributed by atoms with Crippen LogP contribution in [0.4, 0.5) is 0 Å². The van der Waals surface area contributed by atoms with Crippen molar-refractivity contribution >= 4 is 21.8 Å². The van der Waals surface area contributed by atoms with Gasteiger partial charge in [0.25, 0.3) is 0 Å². The number of benzene rings is 8. The summed E-state index contributed by atoms with van der Waals surface area (Å²) in [7, 11) is 0. The van der Waals surface area contributed by atoms with Gasteiger partial charge in [0.2, 0.25) is 0 Å². The van der Waals surface area contributed by atoms with Crippen molar-refractivity contribution in [1.29, 1.82) is 0 Å². The van der Waals surface area contributed by atoms with Gasteiger partial charge in [-0.15, -0.1) is 0 Å². The number of para-hydroxylation sites is 2. The highest BCUT2D eigenvalue weighted by Crippen LogP contribution is 2.63. The third-order valence-corrected chi connectivity index (χ3v) is 11.9. The van der Waals surface area contributed by atoms with Crippen LogP contribution in [-0.2, 0) is 5.41 Å². The van der Waals surface area contributed by atoms with Crippen LogP contribution in [-0.4, -0.2) is 19.5 Å². The fraction of sp³-hybridized carbons (Fsp3) is 0.0192. The minimum atomic E-state index is -0.416. The molecule has 56 heavy (non-hydrogen) atoms. The molecule has 0 radical (unpaired) electrons. The molecule has 0 fully saturated rings. The van der Waals surface area contributed by atoms with E-state index < -0.39 is 5.41 Å². The summed E-state index contributed by atoms with van der Waals surface area (Å²) in [6, 6.07) is 69.6. The minimum Gasteiger partial charge on any atom is -0.308 e. The Bertz CT molecular complexity index is 3090. The monoisotopic (exact) mass is 712 g/mol. The molecule has 0 amide bonds. The van der Waals surface area contributed by atoms with E-state index in [1.165, 1.54) is 55.3 Å². The van der Waals surface area contributed by atoms with Crippen LogP contribution in [0.1, 0.15) is 22.3 Å². The van der Waals surface area contributed by atoms with Crippen LogP contribution < -0.4 is 0 Å². The van der Waals surface area contributed by atoms with Gasteiger partial charge in [0.1, 0.15) is 0 Å². The molecule has 2 aromatic heterocycles. The van der Waals surface area contributed by atoms with Crippen molar-refractivity contribution in [2.75, 3.05) is 0 Å². The molecule has 4 heteroatoms. The first kappa shape index (κ1) is 31.0. The Morgan fingerprint density at radius 1 is 0.321 bits per heavy atom. The summed E-state index contributed by atoms with van der Waals surface area (Å²) in [6.07, 6.45) is 0. The third kappa shape index (κ3) is 4.21. The number of rotatable bonds is 4. The van der Waals surface area contributed by atoms with E-state index in [1.54, 1.807) is 0 Å². The molecule has 0 aliphatic heterocycles. The van der Waals surface area contributed by atoms with Crippen molar-refractivity contribution in [1.82, 2.24) is 19.5 Å². The number of fused-ring (bicyclic) bond motifs is 13. The van der Waals surface area contributed by atoms with Gasteiger partial charge in [0.15, 0.2) is 17.5 Å². The summed E-state index contributed by atoms with van der Waals surface area (Å²) in [6.45, 7) is 0.